The number of nitrogens with zero attached hydrogens (tertiary/aromatic N) is 2. The molecule has 6 nitrogen and oxygen atoms in total. The van der Waals surface area contributed by atoms with E-state index in [1.807, 2.05) is 31.2 Å². The van der Waals surface area contributed by atoms with E-state index in [1.165, 1.54) is 11.8 Å². The minimum Gasteiger partial charge on any atom is -0.497 e. The number of benzene rings is 1. The highest BCUT2D eigenvalue weighted by Crippen LogP contribution is 2.15. The van der Waals surface area contributed by atoms with Crippen molar-refractivity contribution in [3.05, 3.63) is 41.6 Å². The molecule has 0 spiro atoms. The summed E-state index contributed by atoms with van der Waals surface area (Å²) in [6.07, 6.45) is 0. The van der Waals surface area contributed by atoms with E-state index in [-0.39, 0.29) is 11.7 Å². The number of aromatic nitrogens is 2. The van der Waals surface area contributed by atoms with E-state index in [1.54, 1.807) is 13.2 Å². The highest BCUT2D eigenvalue weighted by Gasteiger charge is 2.06. The second-order valence-corrected chi connectivity index (χ2v) is 5.57. The minimum absolute atomic E-state index is 0.0792. The number of anilines is 1. The Morgan fingerprint density at radius 1 is 1.32 bits per heavy atom. The standard InChI is InChI=1S/C15H18N4O2S/c1-10-7-13(16)19-15(18-10)22-9-14(20)17-8-11-3-5-12(21-2)6-4-11/h3-7H,8-9H2,1-2H3,(H,17,20)(H2,16,18,19). The van der Waals surface area contributed by atoms with Gasteiger partial charge in [-0.15, -0.1) is 0 Å². The molecule has 0 unspecified atom stereocenters. The lowest BCUT2D eigenvalue weighted by Gasteiger charge is -2.06. The Kier molecular flexibility index (Phi) is 5.60. The summed E-state index contributed by atoms with van der Waals surface area (Å²) in [4.78, 5) is 20.1. The van der Waals surface area contributed by atoms with E-state index < -0.39 is 0 Å². The van der Waals surface area contributed by atoms with E-state index in [2.05, 4.69) is 15.3 Å². The summed E-state index contributed by atoms with van der Waals surface area (Å²) in [6, 6.07) is 9.24. The van der Waals surface area contributed by atoms with Gasteiger partial charge >= 0.3 is 0 Å². The number of aryl methyl sites for hydroxylation is 1. The molecule has 0 bridgehead atoms. The Balaban J connectivity index is 1.80. The lowest BCUT2D eigenvalue weighted by atomic mass is 10.2. The molecule has 3 N–H and O–H groups in total. The van der Waals surface area contributed by atoms with Gasteiger partial charge in [-0.1, -0.05) is 23.9 Å². The van der Waals surface area contributed by atoms with E-state index in [9.17, 15) is 4.79 Å². The smallest absolute Gasteiger partial charge is 0.230 e. The van der Waals surface area contributed by atoms with Crippen LogP contribution < -0.4 is 15.8 Å². The Morgan fingerprint density at radius 2 is 2.05 bits per heavy atom. The summed E-state index contributed by atoms with van der Waals surface area (Å²) in [7, 11) is 1.62. The van der Waals surface area contributed by atoms with Gasteiger partial charge in [-0.3, -0.25) is 4.79 Å². The molecule has 0 aliphatic carbocycles. The molecule has 1 aromatic heterocycles. The third kappa shape index (κ3) is 4.92. The van der Waals surface area contributed by atoms with E-state index in [0.29, 0.717) is 17.5 Å². The predicted molar refractivity (Wildman–Crippen MR) is 86.7 cm³/mol. The van der Waals surface area contributed by atoms with Gasteiger partial charge in [0.15, 0.2) is 5.16 Å². The van der Waals surface area contributed by atoms with Crippen molar-refractivity contribution < 1.29 is 9.53 Å². The molecule has 7 heteroatoms. The van der Waals surface area contributed by atoms with Crippen LogP contribution in [0.15, 0.2) is 35.5 Å². The van der Waals surface area contributed by atoms with Gasteiger partial charge < -0.3 is 15.8 Å². The largest absolute Gasteiger partial charge is 0.497 e. The molecule has 2 aromatic rings. The van der Waals surface area contributed by atoms with Crippen molar-refractivity contribution in [1.29, 1.82) is 0 Å². The number of thioether (sulfide) groups is 1. The van der Waals surface area contributed by atoms with Gasteiger partial charge in [0.05, 0.1) is 12.9 Å². The number of nitrogen functional groups attached to an aromatic ring is 1. The zero-order valence-corrected chi connectivity index (χ0v) is 13.3. The molecule has 0 aliphatic rings. The molecule has 0 aliphatic heterocycles. The molecule has 0 radical (unpaired) electrons. The lowest BCUT2D eigenvalue weighted by molar-refractivity contribution is -0.118. The van der Waals surface area contributed by atoms with Crippen LogP contribution in [-0.2, 0) is 11.3 Å². The van der Waals surface area contributed by atoms with Gasteiger partial charge in [0.2, 0.25) is 5.91 Å². The highest BCUT2D eigenvalue weighted by molar-refractivity contribution is 7.99. The molecule has 116 valence electrons. The maximum absolute atomic E-state index is 11.8. The van der Waals surface area contributed by atoms with E-state index >= 15 is 0 Å². The first-order chi connectivity index (χ1) is 10.6. The van der Waals surface area contributed by atoms with Gasteiger partial charge in [-0.25, -0.2) is 9.97 Å². The Morgan fingerprint density at radius 3 is 2.68 bits per heavy atom. The van der Waals surface area contributed by atoms with E-state index in [0.717, 1.165) is 17.0 Å². The maximum atomic E-state index is 11.8. The Bertz CT molecular complexity index is 626. The van der Waals surface area contributed by atoms with Crippen molar-refractivity contribution >= 4 is 23.5 Å². The van der Waals surface area contributed by atoms with Crippen molar-refractivity contribution in [2.75, 3.05) is 18.6 Å². The maximum Gasteiger partial charge on any atom is 0.230 e. The van der Waals surface area contributed by atoms with Crippen LogP contribution in [0.25, 0.3) is 0 Å². The SMILES string of the molecule is COc1ccc(CNC(=O)CSc2nc(C)cc(N)n2)cc1. The fraction of sp³-hybridized carbons (Fsp3) is 0.267. The number of carbonyl (C=O) groups is 1. The summed E-state index contributed by atoms with van der Waals surface area (Å²) >= 11 is 1.26. The van der Waals surface area contributed by atoms with E-state index in [4.69, 9.17) is 10.5 Å². The van der Waals surface area contributed by atoms with Crippen LogP contribution >= 0.6 is 11.8 Å². The van der Waals surface area contributed by atoms with Gasteiger partial charge in [0, 0.05) is 18.3 Å². The summed E-state index contributed by atoms with van der Waals surface area (Å²) in [6.45, 7) is 2.31. The van der Waals surface area contributed by atoms with Crippen LogP contribution in [-0.4, -0.2) is 28.7 Å². The molecule has 22 heavy (non-hydrogen) atoms. The van der Waals surface area contributed by atoms with Gasteiger partial charge in [0.25, 0.3) is 0 Å². The number of methoxy groups -OCH3 is 1. The van der Waals surface area contributed by atoms with Crippen molar-refractivity contribution in [2.45, 2.75) is 18.6 Å². The molecular weight excluding hydrogens is 300 g/mol. The average Bonchev–Trinajstić information content (AvgIpc) is 2.50. The van der Waals surface area contributed by atoms with Crippen LogP contribution in [0.1, 0.15) is 11.3 Å². The predicted octanol–water partition coefficient (Wildman–Crippen LogP) is 1.78. The number of amides is 1. The molecule has 0 saturated heterocycles. The Hall–Kier alpha value is -2.28. The van der Waals surface area contributed by atoms with Crippen molar-refractivity contribution in [2.24, 2.45) is 0 Å². The van der Waals surface area contributed by atoms with Crippen LogP contribution in [0.5, 0.6) is 5.75 Å². The first-order valence-electron chi connectivity index (χ1n) is 6.70. The summed E-state index contributed by atoms with van der Waals surface area (Å²) in [5.41, 5.74) is 7.44. The molecule has 0 saturated carbocycles. The van der Waals surface area contributed by atoms with Crippen LogP contribution in [0.2, 0.25) is 0 Å². The number of nitrogens with one attached hydrogen (secondary N) is 1. The first kappa shape index (κ1) is 16.1. The Labute approximate surface area is 133 Å². The molecule has 0 atom stereocenters. The van der Waals surface area contributed by atoms with Crippen molar-refractivity contribution in [3.63, 3.8) is 0 Å². The summed E-state index contributed by atoms with van der Waals surface area (Å²) in [5, 5.41) is 3.36. The van der Waals surface area contributed by atoms with Gasteiger partial charge in [0.1, 0.15) is 11.6 Å². The first-order valence-corrected chi connectivity index (χ1v) is 7.69. The second kappa shape index (κ2) is 7.65. The molecular formula is C15H18N4O2S. The molecule has 1 amide bonds. The number of nitrogens with two attached hydrogens (primary N) is 1. The van der Waals surface area contributed by atoms with Crippen LogP contribution in [0.3, 0.4) is 0 Å². The molecule has 1 heterocycles. The lowest BCUT2D eigenvalue weighted by Crippen LogP contribution is -2.24. The van der Waals surface area contributed by atoms with Crippen molar-refractivity contribution in [3.8, 4) is 5.75 Å². The highest BCUT2D eigenvalue weighted by atomic mass is 32.2. The fourth-order valence-corrected chi connectivity index (χ4v) is 2.50. The summed E-state index contributed by atoms with van der Waals surface area (Å²) in [5.74, 6) is 1.37. The molecule has 2 rings (SSSR count). The fourth-order valence-electron chi connectivity index (χ4n) is 1.75. The van der Waals surface area contributed by atoms with Crippen LogP contribution in [0, 0.1) is 6.92 Å². The van der Waals surface area contributed by atoms with Crippen LogP contribution in [0.4, 0.5) is 5.82 Å². The van der Waals surface area contributed by atoms with Gasteiger partial charge in [-0.2, -0.15) is 0 Å². The number of carbonyl (C=O) groups excluding carboxylic acids is 1. The zero-order chi connectivity index (χ0) is 15.9. The second-order valence-electron chi connectivity index (χ2n) is 4.63. The number of rotatable bonds is 6. The average molecular weight is 318 g/mol. The summed E-state index contributed by atoms with van der Waals surface area (Å²) < 4.78 is 5.09. The normalized spacial score (nSPS) is 10.3. The number of hydrogen-bond donors (Lipinski definition) is 2. The molecule has 0 fully saturated rings. The number of ether oxygens (including phenoxy) is 1. The van der Waals surface area contributed by atoms with Crippen molar-refractivity contribution in [1.82, 2.24) is 15.3 Å². The third-order valence-electron chi connectivity index (χ3n) is 2.83. The third-order valence-corrected chi connectivity index (χ3v) is 3.68. The molecule has 1 aromatic carbocycles. The quantitative estimate of drug-likeness (QED) is 0.623. The van der Waals surface area contributed by atoms with Gasteiger partial charge in [-0.05, 0) is 24.6 Å². The minimum atomic E-state index is -0.0792. The number of hydrogen-bond acceptors (Lipinski definition) is 6. The topological polar surface area (TPSA) is 90.1 Å². The monoisotopic (exact) mass is 318 g/mol. The zero-order valence-electron chi connectivity index (χ0n) is 12.5.